The molecule has 17 aromatic carbocycles. The van der Waals surface area contributed by atoms with Gasteiger partial charge in [0.15, 0.2) is 0 Å². The molecule has 8 bridgehead atoms. The molecule has 21 aromatic rings. The van der Waals surface area contributed by atoms with Crippen LogP contribution in [0.25, 0.3) is 186 Å². The number of halogens is 6. The molecule has 1 saturated heterocycles. The molecule has 2 aliphatic heterocycles. The molecule has 626 valence electrons. The molecule has 0 spiro atoms. The van der Waals surface area contributed by atoms with Gasteiger partial charge in [-0.2, -0.15) is 0 Å². The Balaban J connectivity index is 0.0000000974. The van der Waals surface area contributed by atoms with E-state index in [0.717, 1.165) is 37.9 Å². The van der Waals surface area contributed by atoms with E-state index in [9.17, 15) is 0 Å². The van der Waals surface area contributed by atoms with Gasteiger partial charge in [-0.3, -0.25) is 0 Å². The van der Waals surface area contributed by atoms with Crippen molar-refractivity contribution in [3.05, 3.63) is 387 Å². The van der Waals surface area contributed by atoms with Gasteiger partial charge in [-0.05, 0) is 306 Å². The summed E-state index contributed by atoms with van der Waals surface area (Å²) in [7, 11) is 0. The standard InChI is InChI=1S/C40H27Br2N.C28H18Br3N.C28H20BrN.C23H17NO/c41-28-15-13-25(14-16-28)39-37-27-12-11-26(19-27)36(37)38-30-18-17-29(42)20-33(30)34-21-31(23-7-3-1-4-8-23)32(22-35(34)40(38)43-39)24-9-5-2-6-10-24;29-17-3-1-2-16(11-17)27-25-15-5-4-14(10-15)24(25)26-20-8-6-18(30)12-22(20)23-13-19(31)7-9-21(23)28(26)32-27;29-19-12-13-21-23(15-19)20-8-4-5-9-22(20)28-26(21)24-17-10-11-18(14-17)25(24)27(30-28)16-6-2-1-3-7-16;1-2-7-15(8-3-1)22-21-19-13-12-18(25-19)20(21)17-11-10-14-6-4-5-9-16(14)23(17)24-22/h1-10,13-18,20-22,26-27H,11-12,19H2;1-3,6-9,11-15H,4-5,10H2;1-9,12-13,15,17-18H,10-11,14H2;1-11,18-19H,12-13H2/i;;;1D,2D,3D,4D,5D,6D,7D,8D,9D,10D,11D. The maximum absolute atomic E-state index is 8.77. The van der Waals surface area contributed by atoms with Crippen LogP contribution < -0.4 is 0 Å². The number of rotatable bonds is 6. The highest BCUT2D eigenvalue weighted by Crippen LogP contribution is 2.64. The van der Waals surface area contributed by atoms with Gasteiger partial charge < -0.3 is 4.74 Å². The molecular weight excluding hydrogens is 1980 g/mol. The fourth-order valence-corrected chi connectivity index (χ4v) is 26.3. The normalized spacial score (nSPS) is 20.3. The van der Waals surface area contributed by atoms with Crippen LogP contribution in [0.3, 0.4) is 0 Å². The van der Waals surface area contributed by atoms with Gasteiger partial charge >= 0.3 is 0 Å². The smallest absolute Gasteiger partial charge is 0.0859 e. The number of hydrogen-bond acceptors (Lipinski definition) is 5. The average Bonchev–Trinajstić information content (AvgIpc) is 1.58. The summed E-state index contributed by atoms with van der Waals surface area (Å²) in [5, 5.41) is 19.6. The maximum atomic E-state index is 8.77. The highest BCUT2D eigenvalue weighted by atomic mass is 79.9. The second kappa shape index (κ2) is 31.9. The number of benzene rings is 17. The van der Waals surface area contributed by atoms with Crippen LogP contribution in [0.1, 0.15) is 178 Å². The van der Waals surface area contributed by atoms with Crippen LogP contribution in [-0.2, 0) is 4.74 Å². The Morgan fingerprint density at radius 3 is 1.14 bits per heavy atom. The first-order valence-corrected chi connectivity index (χ1v) is 49.7. The lowest BCUT2D eigenvalue weighted by Gasteiger charge is -2.24. The topological polar surface area (TPSA) is 60.8 Å². The number of hydrogen-bond donors (Lipinski definition) is 0. The second-order valence-electron chi connectivity index (χ2n) is 36.2. The highest BCUT2D eigenvalue weighted by Gasteiger charge is 2.46. The molecule has 0 N–H and O–H groups in total. The van der Waals surface area contributed by atoms with Crippen LogP contribution in [0.15, 0.2) is 342 Å². The van der Waals surface area contributed by atoms with Gasteiger partial charge in [0.25, 0.3) is 0 Å². The van der Waals surface area contributed by atoms with Crippen LogP contribution in [0.2, 0.25) is 0 Å². The van der Waals surface area contributed by atoms with Gasteiger partial charge in [0, 0.05) is 97.7 Å². The number of nitrogens with zero attached hydrogens (tertiary/aromatic N) is 4. The predicted molar refractivity (Wildman–Crippen MR) is 562 cm³/mol. The largest absolute Gasteiger partial charge is 0.365 e. The Bertz CT molecular complexity index is 9090. The van der Waals surface area contributed by atoms with E-state index in [1.807, 2.05) is 0 Å². The predicted octanol–water partition coefficient (Wildman–Crippen LogP) is 36.6. The van der Waals surface area contributed by atoms with Crippen molar-refractivity contribution < 1.29 is 19.8 Å². The van der Waals surface area contributed by atoms with E-state index >= 15 is 0 Å². The molecule has 8 atom stereocenters. The number of aromatic nitrogens is 4. The zero-order valence-electron chi connectivity index (χ0n) is 81.0. The molecule has 6 heterocycles. The van der Waals surface area contributed by atoms with Crippen molar-refractivity contribution in [1.82, 2.24) is 19.9 Å². The molecule has 8 aliphatic rings. The summed E-state index contributed by atoms with van der Waals surface area (Å²) in [6.45, 7) is 0. The van der Waals surface area contributed by atoms with Gasteiger partial charge in [-0.1, -0.05) is 326 Å². The molecule has 5 nitrogen and oxygen atoms in total. The van der Waals surface area contributed by atoms with Crippen LogP contribution in [0.4, 0.5) is 0 Å². The molecule has 4 aromatic heterocycles. The van der Waals surface area contributed by atoms with Gasteiger partial charge in [-0.25, -0.2) is 19.9 Å². The molecule has 0 amide bonds. The zero-order chi connectivity index (χ0) is 96.0. The van der Waals surface area contributed by atoms with E-state index in [1.165, 1.54) is 217 Å². The molecule has 0 radical (unpaired) electrons. The Kier molecular flexibility index (Phi) is 16.9. The van der Waals surface area contributed by atoms with E-state index in [0.29, 0.717) is 59.5 Å². The fourth-order valence-electron chi connectivity index (χ4n) is 24.2. The third-order valence-electron chi connectivity index (χ3n) is 29.4. The first kappa shape index (κ1) is 69.0. The van der Waals surface area contributed by atoms with Gasteiger partial charge in [0.05, 0.1) is 72.1 Å². The molecule has 6 aliphatic carbocycles. The quantitative estimate of drug-likeness (QED) is 0.155. The Morgan fingerprint density at radius 1 is 0.231 bits per heavy atom. The van der Waals surface area contributed by atoms with Crippen LogP contribution in [0, 0.1) is 0 Å². The van der Waals surface area contributed by atoms with E-state index < -0.39 is 66.6 Å². The van der Waals surface area contributed by atoms with Gasteiger partial charge in [0.2, 0.25) is 0 Å². The summed E-state index contributed by atoms with van der Waals surface area (Å²) < 4.78 is 105. The van der Waals surface area contributed by atoms with E-state index in [4.69, 9.17) is 34.8 Å². The maximum Gasteiger partial charge on any atom is 0.0859 e. The molecule has 8 unspecified atom stereocenters. The van der Waals surface area contributed by atoms with Crippen molar-refractivity contribution in [1.29, 1.82) is 0 Å². The molecule has 3 saturated carbocycles. The van der Waals surface area contributed by atoms with Crippen molar-refractivity contribution in [2.75, 3.05) is 0 Å². The SMILES string of the molecule is Brc1ccc(-c2nc3c4cc(-c5ccccc5)c(-c5ccccc5)cc4c4cc(Br)ccc4c3c3c2C2CCC3C2)cc1.Brc1ccc2c(c1)c1ccccc1c1nc(-c3ccccc3)c3c(c21)C1CCC3C1.Brc1cccc(-c2nc3c4ccc(Br)cc4c4cc(Br)ccc4c3c3c2C2CCC3C2)c1.[2H]c1c([2H])c([2H])c(-c2nc3c(c([2H])c([2H])c4c([2H])c([2H])c([2H])c([2H])c43)c3c2C2CCC3O2)c([2H])c1[2H]. The minimum Gasteiger partial charge on any atom is -0.365 e. The summed E-state index contributed by atoms with van der Waals surface area (Å²) in [6.07, 6.45) is 11.9. The van der Waals surface area contributed by atoms with Crippen molar-refractivity contribution in [2.24, 2.45) is 0 Å². The Labute approximate surface area is 819 Å². The van der Waals surface area contributed by atoms with E-state index in [1.54, 1.807) is 16.7 Å². The monoisotopic (exact) mass is 2070 g/mol. The number of fused-ring (bicyclic) bond motifs is 45. The first-order valence-electron chi connectivity index (χ1n) is 50.5. The van der Waals surface area contributed by atoms with E-state index in [-0.39, 0.29) is 45.0 Å². The van der Waals surface area contributed by atoms with Crippen molar-refractivity contribution >= 4 is 215 Å². The molecular formula is C119H82Br6N4O. The lowest BCUT2D eigenvalue weighted by molar-refractivity contribution is 0.0722. The van der Waals surface area contributed by atoms with E-state index in [2.05, 4.69) is 349 Å². The molecule has 130 heavy (non-hydrogen) atoms. The number of pyridine rings is 4. The van der Waals surface area contributed by atoms with Gasteiger partial charge in [0.1, 0.15) is 0 Å². The van der Waals surface area contributed by atoms with Crippen molar-refractivity contribution in [2.45, 2.75) is 118 Å². The number of ether oxygens (including phenoxy) is 1. The lowest BCUT2D eigenvalue weighted by atomic mass is 9.82. The van der Waals surface area contributed by atoms with Crippen molar-refractivity contribution in [3.8, 4) is 67.3 Å². The summed E-state index contributed by atoms with van der Waals surface area (Å²) in [6, 6.07) is 85.4. The lowest BCUT2D eigenvalue weighted by Crippen LogP contribution is -2.05. The van der Waals surface area contributed by atoms with Crippen LogP contribution in [-0.4, -0.2) is 19.9 Å². The minimum atomic E-state index is -0.546. The molecule has 4 fully saturated rings. The summed E-state index contributed by atoms with van der Waals surface area (Å²) in [4.78, 5) is 21.2. The Morgan fingerprint density at radius 2 is 0.608 bits per heavy atom. The third kappa shape index (κ3) is 13.0. The zero-order valence-corrected chi connectivity index (χ0v) is 79.5. The Hall–Kier alpha value is -11.0. The van der Waals surface area contributed by atoms with Crippen LogP contribution >= 0.6 is 95.6 Å². The average molecular weight is 2070 g/mol. The second-order valence-corrected chi connectivity index (χ2v) is 41.7. The fraction of sp³-hybridized carbons (Fsp3) is 0.160. The highest BCUT2D eigenvalue weighted by molar-refractivity contribution is 9.11. The molecule has 11 heteroatoms. The summed E-state index contributed by atoms with van der Waals surface area (Å²) in [5.41, 5.74) is 25.9. The molecule has 29 rings (SSSR count). The first-order chi connectivity index (χ1) is 68.5. The minimum absolute atomic E-state index is 0.0229. The summed E-state index contributed by atoms with van der Waals surface area (Å²) in [5.74, 6) is 3.80. The van der Waals surface area contributed by atoms with Crippen LogP contribution in [0.5, 0.6) is 0 Å². The van der Waals surface area contributed by atoms with Crippen molar-refractivity contribution in [3.63, 3.8) is 0 Å². The van der Waals surface area contributed by atoms with Gasteiger partial charge in [-0.15, -0.1) is 0 Å². The third-order valence-corrected chi connectivity index (χ3v) is 32.4. The summed E-state index contributed by atoms with van der Waals surface area (Å²) >= 11 is 22.3.